The van der Waals surface area contributed by atoms with Gasteiger partial charge in [-0.3, -0.25) is 15.4 Å². The van der Waals surface area contributed by atoms with Crippen LogP contribution in [0.5, 0.6) is 5.75 Å². The number of rotatable bonds is 3. The first-order valence-corrected chi connectivity index (χ1v) is 6.45. The molecule has 0 unspecified atom stereocenters. The highest BCUT2D eigenvalue weighted by Crippen LogP contribution is 2.21. The number of nitrogens with one attached hydrogen (secondary N) is 1. The molecular formula is C11H14N4O2S. The molecule has 1 aliphatic rings. The predicted octanol–water partition coefficient (Wildman–Crippen LogP) is 0.614. The molecule has 0 spiro atoms. The third-order valence-electron chi connectivity index (χ3n) is 2.47. The lowest BCUT2D eigenvalue weighted by Gasteiger charge is -2.07. The maximum atomic E-state index is 9.87. The summed E-state index contributed by atoms with van der Waals surface area (Å²) in [4.78, 5) is 8.16. The molecule has 1 aromatic heterocycles. The average Bonchev–Trinajstić information content (AvgIpc) is 2.88. The van der Waals surface area contributed by atoms with E-state index in [4.69, 9.17) is 0 Å². The van der Waals surface area contributed by atoms with Crippen LogP contribution in [0.4, 0.5) is 0 Å². The Labute approximate surface area is 109 Å². The topological polar surface area (TPSA) is 90.1 Å². The fraction of sp³-hybridized carbons (Fsp3) is 0.364. The molecule has 3 N–H and O–H groups in total. The Bertz CT molecular complexity index is 502. The molecule has 7 heteroatoms. The maximum absolute atomic E-state index is 9.87. The first kappa shape index (κ1) is 12.8. The van der Waals surface area contributed by atoms with E-state index in [0.29, 0.717) is 16.8 Å². The van der Waals surface area contributed by atoms with Crippen LogP contribution >= 0.6 is 11.8 Å². The summed E-state index contributed by atoms with van der Waals surface area (Å²) in [5.74, 6) is 0.993. The standard InChI is InChI=1S/C11H14N4O2S/c1-7-10(17)9(8(6-16)4-13-7)5-14-15-11-12-2-3-18-11/h4-5,16-17H,2-3,6H2,1H3,(H,12,15)/b14-5+. The van der Waals surface area contributed by atoms with Crippen LogP contribution < -0.4 is 5.43 Å². The van der Waals surface area contributed by atoms with Crippen molar-refractivity contribution in [1.29, 1.82) is 0 Å². The summed E-state index contributed by atoms with van der Waals surface area (Å²) in [5.41, 5.74) is 4.30. The molecule has 18 heavy (non-hydrogen) atoms. The van der Waals surface area contributed by atoms with Gasteiger partial charge in [-0.2, -0.15) is 5.10 Å². The van der Waals surface area contributed by atoms with E-state index in [1.54, 1.807) is 18.7 Å². The molecule has 0 saturated heterocycles. The quantitative estimate of drug-likeness (QED) is 0.551. The molecule has 1 aromatic rings. The first-order chi connectivity index (χ1) is 8.72. The number of aliphatic hydroxyl groups excluding tert-OH is 1. The number of hydrogen-bond donors (Lipinski definition) is 3. The molecular weight excluding hydrogens is 252 g/mol. The highest BCUT2D eigenvalue weighted by molar-refractivity contribution is 8.14. The van der Waals surface area contributed by atoms with Gasteiger partial charge < -0.3 is 10.2 Å². The number of aryl methyl sites for hydroxylation is 1. The summed E-state index contributed by atoms with van der Waals surface area (Å²) >= 11 is 1.60. The Morgan fingerprint density at radius 1 is 1.61 bits per heavy atom. The lowest BCUT2D eigenvalue weighted by molar-refractivity contribution is 0.280. The number of aromatic nitrogens is 1. The molecule has 0 amide bonds. The summed E-state index contributed by atoms with van der Waals surface area (Å²) in [7, 11) is 0. The minimum atomic E-state index is -0.197. The van der Waals surface area contributed by atoms with Crippen molar-refractivity contribution in [2.45, 2.75) is 13.5 Å². The Balaban J connectivity index is 2.16. The van der Waals surface area contributed by atoms with Crippen molar-refractivity contribution in [3.05, 3.63) is 23.0 Å². The summed E-state index contributed by atoms with van der Waals surface area (Å²) < 4.78 is 0. The van der Waals surface area contributed by atoms with E-state index in [0.717, 1.165) is 17.5 Å². The van der Waals surface area contributed by atoms with Crippen LogP contribution in [-0.2, 0) is 6.61 Å². The van der Waals surface area contributed by atoms with Crippen molar-refractivity contribution in [1.82, 2.24) is 10.4 Å². The SMILES string of the molecule is Cc1ncc(CO)c(/C=N/NC2=NCCS2)c1O. The molecule has 0 saturated carbocycles. The van der Waals surface area contributed by atoms with Gasteiger partial charge in [-0.15, -0.1) is 0 Å². The van der Waals surface area contributed by atoms with Gasteiger partial charge in [0.1, 0.15) is 5.75 Å². The molecule has 2 heterocycles. The number of aliphatic imine (C=N–C) groups is 1. The maximum Gasteiger partial charge on any atom is 0.177 e. The zero-order valence-electron chi connectivity index (χ0n) is 9.92. The monoisotopic (exact) mass is 266 g/mol. The van der Waals surface area contributed by atoms with Gasteiger partial charge in [-0.1, -0.05) is 11.8 Å². The molecule has 1 aliphatic heterocycles. The normalized spacial score (nSPS) is 15.1. The minimum Gasteiger partial charge on any atom is -0.505 e. The summed E-state index contributed by atoms with van der Waals surface area (Å²) in [6, 6.07) is 0. The molecule has 6 nitrogen and oxygen atoms in total. The zero-order valence-corrected chi connectivity index (χ0v) is 10.7. The van der Waals surface area contributed by atoms with Crippen molar-refractivity contribution in [3.8, 4) is 5.75 Å². The van der Waals surface area contributed by atoms with Gasteiger partial charge in [0, 0.05) is 23.1 Å². The molecule has 0 atom stereocenters. The Morgan fingerprint density at radius 3 is 3.11 bits per heavy atom. The Hall–Kier alpha value is -1.60. The third kappa shape index (κ3) is 2.80. The van der Waals surface area contributed by atoms with E-state index in [2.05, 4.69) is 20.5 Å². The van der Waals surface area contributed by atoms with Crippen molar-refractivity contribution in [2.75, 3.05) is 12.3 Å². The number of aromatic hydroxyl groups is 1. The van der Waals surface area contributed by atoms with Crippen LogP contribution in [0.2, 0.25) is 0 Å². The summed E-state index contributed by atoms with van der Waals surface area (Å²) in [6.07, 6.45) is 3.00. The number of hydrogen-bond acceptors (Lipinski definition) is 7. The van der Waals surface area contributed by atoms with E-state index >= 15 is 0 Å². The van der Waals surface area contributed by atoms with Crippen LogP contribution in [0.1, 0.15) is 16.8 Å². The summed E-state index contributed by atoms with van der Waals surface area (Å²) in [6.45, 7) is 2.29. The number of aliphatic hydroxyl groups is 1. The van der Waals surface area contributed by atoms with Crippen LogP contribution in [-0.4, -0.2) is 38.9 Å². The van der Waals surface area contributed by atoms with Crippen LogP contribution in [0.25, 0.3) is 0 Å². The largest absolute Gasteiger partial charge is 0.505 e. The lowest BCUT2D eigenvalue weighted by atomic mass is 10.1. The predicted molar refractivity (Wildman–Crippen MR) is 72.1 cm³/mol. The molecule has 0 aromatic carbocycles. The van der Waals surface area contributed by atoms with Gasteiger partial charge in [0.05, 0.1) is 25.1 Å². The van der Waals surface area contributed by atoms with Gasteiger partial charge in [0.25, 0.3) is 0 Å². The minimum absolute atomic E-state index is 0.0353. The van der Waals surface area contributed by atoms with Crippen molar-refractivity contribution in [3.63, 3.8) is 0 Å². The van der Waals surface area contributed by atoms with Crippen LogP contribution in [0.3, 0.4) is 0 Å². The summed E-state index contributed by atoms with van der Waals surface area (Å²) in [5, 5.41) is 23.8. The average molecular weight is 266 g/mol. The van der Waals surface area contributed by atoms with E-state index in [1.807, 2.05) is 0 Å². The van der Waals surface area contributed by atoms with Gasteiger partial charge >= 0.3 is 0 Å². The molecule has 96 valence electrons. The second-order valence-corrected chi connectivity index (χ2v) is 4.78. The molecule has 2 rings (SSSR count). The first-order valence-electron chi connectivity index (χ1n) is 5.47. The van der Waals surface area contributed by atoms with Gasteiger partial charge in [0.2, 0.25) is 0 Å². The van der Waals surface area contributed by atoms with Gasteiger partial charge in [-0.25, -0.2) is 0 Å². The van der Waals surface area contributed by atoms with E-state index in [-0.39, 0.29) is 12.4 Å². The van der Waals surface area contributed by atoms with Crippen LogP contribution in [0, 0.1) is 6.92 Å². The van der Waals surface area contributed by atoms with E-state index in [9.17, 15) is 10.2 Å². The number of hydrazone groups is 1. The van der Waals surface area contributed by atoms with Gasteiger partial charge in [-0.05, 0) is 6.92 Å². The lowest BCUT2D eigenvalue weighted by Crippen LogP contribution is -2.12. The molecule has 0 fully saturated rings. The fourth-order valence-corrected chi connectivity index (χ4v) is 2.15. The van der Waals surface area contributed by atoms with Gasteiger partial charge in [0.15, 0.2) is 5.17 Å². The second-order valence-electron chi connectivity index (χ2n) is 3.69. The van der Waals surface area contributed by atoms with Crippen molar-refractivity contribution >= 4 is 23.1 Å². The molecule has 0 bridgehead atoms. The molecule has 0 aliphatic carbocycles. The smallest absolute Gasteiger partial charge is 0.177 e. The highest BCUT2D eigenvalue weighted by Gasteiger charge is 2.09. The van der Waals surface area contributed by atoms with Crippen LogP contribution in [0.15, 0.2) is 16.3 Å². The van der Waals surface area contributed by atoms with Crippen molar-refractivity contribution in [2.24, 2.45) is 10.1 Å². The Kier molecular flexibility index (Phi) is 4.16. The van der Waals surface area contributed by atoms with Crippen molar-refractivity contribution < 1.29 is 10.2 Å². The highest BCUT2D eigenvalue weighted by atomic mass is 32.2. The Morgan fingerprint density at radius 2 is 2.44 bits per heavy atom. The second kappa shape index (κ2) is 5.83. The number of pyridine rings is 1. The molecule has 0 radical (unpaired) electrons. The third-order valence-corrected chi connectivity index (χ3v) is 3.35. The fourth-order valence-electron chi connectivity index (χ4n) is 1.48. The van der Waals surface area contributed by atoms with E-state index < -0.39 is 0 Å². The number of nitrogens with zero attached hydrogens (tertiary/aromatic N) is 3. The number of thioether (sulfide) groups is 1. The number of amidine groups is 1. The van der Waals surface area contributed by atoms with E-state index in [1.165, 1.54) is 12.4 Å². The zero-order chi connectivity index (χ0) is 13.0.